The van der Waals surface area contributed by atoms with Crippen molar-refractivity contribution in [1.29, 1.82) is 0 Å². The summed E-state index contributed by atoms with van der Waals surface area (Å²) in [5.74, 6) is 0.784. The number of hydrogen-bond donors (Lipinski definition) is 0. The summed E-state index contributed by atoms with van der Waals surface area (Å²) in [5.41, 5.74) is 2.38. The molecule has 0 aliphatic rings. The third kappa shape index (κ3) is 2.60. The highest BCUT2D eigenvalue weighted by Gasteiger charge is 2.19. The van der Waals surface area contributed by atoms with Crippen molar-refractivity contribution in [2.45, 2.75) is 33.1 Å². The number of fused-ring (bicyclic) bond motifs is 1. The molecule has 0 spiro atoms. The molecular weight excluding hydrogens is 238 g/mol. The number of hydrogen-bond acceptors (Lipinski definition) is 3. The van der Waals surface area contributed by atoms with E-state index in [4.69, 9.17) is 4.74 Å². The Bertz CT molecular complexity index is 639. The van der Waals surface area contributed by atoms with Crippen molar-refractivity contribution in [3.63, 3.8) is 0 Å². The number of Topliss-reactive ketones (excluding diaryl/α,β-unsaturated/α-hetero) is 1. The van der Waals surface area contributed by atoms with Crippen molar-refractivity contribution in [1.82, 2.24) is 4.98 Å². The van der Waals surface area contributed by atoms with Crippen LogP contribution in [0.1, 0.15) is 43.7 Å². The number of methoxy groups -OCH3 is 1. The van der Waals surface area contributed by atoms with Gasteiger partial charge in [-0.3, -0.25) is 9.78 Å². The third-order valence-electron chi connectivity index (χ3n) is 3.16. The Morgan fingerprint density at radius 2 is 1.89 bits per heavy atom. The molecule has 0 unspecified atom stereocenters. The molecule has 3 nitrogen and oxygen atoms in total. The molecule has 0 radical (unpaired) electrons. The maximum atomic E-state index is 11.9. The van der Waals surface area contributed by atoms with Gasteiger partial charge >= 0.3 is 0 Å². The minimum Gasteiger partial charge on any atom is -0.497 e. The maximum Gasteiger partial charge on any atom is 0.160 e. The van der Waals surface area contributed by atoms with Crippen LogP contribution in [0.2, 0.25) is 0 Å². The van der Waals surface area contributed by atoms with Crippen LogP contribution in [0.4, 0.5) is 0 Å². The highest BCUT2D eigenvalue weighted by atomic mass is 16.5. The van der Waals surface area contributed by atoms with Gasteiger partial charge in [-0.1, -0.05) is 20.8 Å². The van der Waals surface area contributed by atoms with E-state index in [9.17, 15) is 4.79 Å². The first-order valence-corrected chi connectivity index (χ1v) is 6.33. The Morgan fingerprint density at radius 3 is 2.42 bits per heavy atom. The van der Waals surface area contributed by atoms with Gasteiger partial charge in [-0.05, 0) is 31.2 Å². The van der Waals surface area contributed by atoms with E-state index in [0.717, 1.165) is 22.3 Å². The van der Waals surface area contributed by atoms with Crippen LogP contribution in [-0.4, -0.2) is 17.9 Å². The van der Waals surface area contributed by atoms with E-state index in [1.54, 1.807) is 14.0 Å². The number of aromatic nitrogens is 1. The quantitative estimate of drug-likeness (QED) is 0.769. The predicted octanol–water partition coefficient (Wildman–Crippen LogP) is 3.74. The molecule has 19 heavy (non-hydrogen) atoms. The average Bonchev–Trinajstić information content (AvgIpc) is 2.35. The summed E-state index contributed by atoms with van der Waals surface area (Å²) in [4.78, 5) is 16.5. The fourth-order valence-electron chi connectivity index (χ4n) is 2.01. The highest BCUT2D eigenvalue weighted by molar-refractivity contribution is 6.06. The second-order valence-electron chi connectivity index (χ2n) is 5.74. The number of nitrogens with zero attached hydrogens (tertiary/aromatic N) is 1. The SMILES string of the molecule is COc1ccc2nc(C(C)(C)C)cc(C(C)=O)c2c1. The first-order valence-electron chi connectivity index (χ1n) is 6.33. The van der Waals surface area contributed by atoms with Crippen molar-refractivity contribution in [3.05, 3.63) is 35.5 Å². The van der Waals surface area contributed by atoms with Crippen LogP contribution in [0, 0.1) is 0 Å². The van der Waals surface area contributed by atoms with Gasteiger partial charge in [0.15, 0.2) is 5.78 Å². The summed E-state index contributed by atoms with van der Waals surface area (Å²) in [6.07, 6.45) is 0. The third-order valence-corrected chi connectivity index (χ3v) is 3.16. The average molecular weight is 257 g/mol. The van der Waals surface area contributed by atoms with Crippen LogP contribution >= 0.6 is 0 Å². The number of carbonyl (C=O) groups excluding carboxylic acids is 1. The van der Waals surface area contributed by atoms with Crippen molar-refractivity contribution < 1.29 is 9.53 Å². The Hall–Kier alpha value is -1.90. The molecule has 0 amide bonds. The Balaban J connectivity index is 2.79. The van der Waals surface area contributed by atoms with Crippen molar-refractivity contribution in [2.75, 3.05) is 7.11 Å². The summed E-state index contributed by atoms with van der Waals surface area (Å²) in [6.45, 7) is 7.86. The molecule has 1 heterocycles. The lowest BCUT2D eigenvalue weighted by Gasteiger charge is -2.19. The van der Waals surface area contributed by atoms with E-state index in [-0.39, 0.29) is 11.2 Å². The van der Waals surface area contributed by atoms with E-state index in [1.807, 2.05) is 24.3 Å². The zero-order valence-corrected chi connectivity index (χ0v) is 12.1. The smallest absolute Gasteiger partial charge is 0.160 e. The number of rotatable bonds is 2. The highest BCUT2D eigenvalue weighted by Crippen LogP contribution is 2.28. The van der Waals surface area contributed by atoms with Crippen LogP contribution in [0.5, 0.6) is 5.75 Å². The molecule has 0 aliphatic heterocycles. The minimum absolute atomic E-state index is 0.0474. The van der Waals surface area contributed by atoms with Crippen LogP contribution in [0.3, 0.4) is 0 Å². The lowest BCUT2D eigenvalue weighted by atomic mass is 9.89. The van der Waals surface area contributed by atoms with Crippen LogP contribution in [-0.2, 0) is 5.41 Å². The molecule has 0 N–H and O–H groups in total. The Labute approximate surface area is 113 Å². The molecule has 0 atom stereocenters. The van der Waals surface area contributed by atoms with Crippen LogP contribution < -0.4 is 4.74 Å². The summed E-state index contributed by atoms with van der Waals surface area (Å²) >= 11 is 0. The van der Waals surface area contributed by atoms with Gasteiger partial charge < -0.3 is 4.74 Å². The maximum absolute atomic E-state index is 11.9. The van der Waals surface area contributed by atoms with Crippen molar-refractivity contribution in [2.24, 2.45) is 0 Å². The van der Waals surface area contributed by atoms with E-state index in [0.29, 0.717) is 5.56 Å². The molecule has 1 aromatic heterocycles. The molecule has 100 valence electrons. The number of ketones is 1. The van der Waals surface area contributed by atoms with Gasteiger partial charge in [0, 0.05) is 22.1 Å². The van der Waals surface area contributed by atoms with Gasteiger partial charge in [0.2, 0.25) is 0 Å². The van der Waals surface area contributed by atoms with E-state index in [1.165, 1.54) is 0 Å². The first kappa shape index (κ1) is 13.5. The largest absolute Gasteiger partial charge is 0.497 e. The lowest BCUT2D eigenvalue weighted by Crippen LogP contribution is -2.15. The van der Waals surface area contributed by atoms with Gasteiger partial charge in [0.25, 0.3) is 0 Å². The summed E-state index contributed by atoms with van der Waals surface area (Å²) in [5, 5.41) is 0.847. The predicted molar refractivity (Wildman–Crippen MR) is 77.0 cm³/mol. The first-order chi connectivity index (χ1) is 8.82. The zero-order valence-electron chi connectivity index (χ0n) is 12.1. The van der Waals surface area contributed by atoms with Gasteiger partial charge in [0.1, 0.15) is 5.75 Å². The molecule has 0 bridgehead atoms. The number of ether oxygens (including phenoxy) is 1. The van der Waals surface area contributed by atoms with Gasteiger partial charge in [-0.25, -0.2) is 0 Å². The topological polar surface area (TPSA) is 39.2 Å². The van der Waals surface area contributed by atoms with Gasteiger partial charge in [0.05, 0.1) is 12.6 Å². The standard InChI is InChI=1S/C16H19NO2/c1-10(18)12-9-15(16(2,3)4)17-14-7-6-11(19-5)8-13(12)14/h6-9H,1-5H3. The van der Waals surface area contributed by atoms with Crippen LogP contribution in [0.25, 0.3) is 10.9 Å². The van der Waals surface area contributed by atoms with Crippen molar-refractivity contribution in [3.8, 4) is 5.75 Å². The molecule has 0 fully saturated rings. The normalized spacial score (nSPS) is 11.6. The summed E-state index contributed by atoms with van der Waals surface area (Å²) in [7, 11) is 1.62. The summed E-state index contributed by atoms with van der Waals surface area (Å²) < 4.78 is 5.22. The number of pyridine rings is 1. The summed E-state index contributed by atoms with van der Waals surface area (Å²) in [6, 6.07) is 7.52. The Morgan fingerprint density at radius 1 is 1.21 bits per heavy atom. The number of carbonyl (C=O) groups is 1. The molecule has 2 aromatic rings. The zero-order chi connectivity index (χ0) is 14.2. The molecule has 0 aliphatic carbocycles. The fourth-order valence-corrected chi connectivity index (χ4v) is 2.01. The van der Waals surface area contributed by atoms with E-state index in [2.05, 4.69) is 25.8 Å². The lowest BCUT2D eigenvalue weighted by molar-refractivity contribution is 0.101. The van der Waals surface area contributed by atoms with Gasteiger partial charge in [-0.15, -0.1) is 0 Å². The molecule has 2 rings (SSSR count). The second-order valence-corrected chi connectivity index (χ2v) is 5.74. The molecule has 1 aromatic carbocycles. The molecule has 0 saturated carbocycles. The second kappa shape index (κ2) is 4.65. The van der Waals surface area contributed by atoms with E-state index >= 15 is 0 Å². The van der Waals surface area contributed by atoms with Crippen molar-refractivity contribution >= 4 is 16.7 Å². The minimum atomic E-state index is -0.0850. The molecule has 0 saturated heterocycles. The van der Waals surface area contributed by atoms with E-state index < -0.39 is 0 Å². The molecule has 3 heteroatoms. The molecular formula is C16H19NO2. The fraction of sp³-hybridized carbons (Fsp3) is 0.375. The monoisotopic (exact) mass is 257 g/mol. The number of benzene rings is 1. The van der Waals surface area contributed by atoms with Crippen LogP contribution in [0.15, 0.2) is 24.3 Å². The Kier molecular flexibility index (Phi) is 3.31. The van der Waals surface area contributed by atoms with Gasteiger partial charge in [-0.2, -0.15) is 0 Å².